The first-order chi connectivity index (χ1) is 8.22. The number of hydrogen-bond donors (Lipinski definition) is 0. The Morgan fingerprint density at radius 1 is 1.29 bits per heavy atom. The third kappa shape index (κ3) is 2.89. The molecular formula is C14H15IO2. The fraction of sp³-hybridized carbons (Fsp3) is 0.357. The van der Waals surface area contributed by atoms with Crippen molar-refractivity contribution in [3.05, 3.63) is 45.0 Å². The number of rotatable bonds is 4. The van der Waals surface area contributed by atoms with Crippen molar-refractivity contribution in [2.75, 3.05) is 0 Å². The number of ether oxygens (including phenoxy) is 1. The van der Waals surface area contributed by atoms with Gasteiger partial charge >= 0.3 is 5.97 Å². The Bertz CT molecular complexity index is 437. The van der Waals surface area contributed by atoms with Gasteiger partial charge < -0.3 is 4.74 Å². The predicted octanol–water partition coefficient (Wildman–Crippen LogP) is 3.64. The molecule has 0 bridgehead atoms. The third-order valence-corrected chi connectivity index (χ3v) is 4.19. The predicted molar refractivity (Wildman–Crippen MR) is 76.0 cm³/mol. The van der Waals surface area contributed by atoms with Crippen LogP contribution in [0.4, 0.5) is 0 Å². The van der Waals surface area contributed by atoms with E-state index in [0.717, 1.165) is 27.6 Å². The first-order valence-corrected chi connectivity index (χ1v) is 6.93. The average molecular weight is 342 g/mol. The summed E-state index contributed by atoms with van der Waals surface area (Å²) in [5.74, 6) is -0.142. The highest BCUT2D eigenvalue weighted by molar-refractivity contribution is 14.1. The van der Waals surface area contributed by atoms with E-state index < -0.39 is 0 Å². The molecule has 0 saturated heterocycles. The molecule has 0 aliphatic carbocycles. The van der Waals surface area contributed by atoms with Gasteiger partial charge in [-0.15, -0.1) is 0 Å². The SMILES string of the molecule is CCCC1OC(=O)C(Cc2ccccc2)=C1I. The van der Waals surface area contributed by atoms with Gasteiger partial charge in [0.2, 0.25) is 0 Å². The molecule has 1 aliphatic heterocycles. The fourth-order valence-corrected chi connectivity index (χ4v) is 2.80. The van der Waals surface area contributed by atoms with Gasteiger partial charge in [-0.25, -0.2) is 4.79 Å². The van der Waals surface area contributed by atoms with E-state index in [1.165, 1.54) is 0 Å². The molecule has 2 nitrogen and oxygen atoms in total. The second-order valence-corrected chi connectivity index (χ2v) is 5.33. The topological polar surface area (TPSA) is 26.3 Å². The van der Waals surface area contributed by atoms with Gasteiger partial charge in [-0.3, -0.25) is 0 Å². The maximum Gasteiger partial charge on any atom is 0.335 e. The summed E-state index contributed by atoms with van der Waals surface area (Å²) in [6, 6.07) is 10.0. The van der Waals surface area contributed by atoms with Crippen LogP contribution in [0.5, 0.6) is 0 Å². The van der Waals surface area contributed by atoms with E-state index in [1.807, 2.05) is 30.3 Å². The van der Waals surface area contributed by atoms with Gasteiger partial charge in [0.15, 0.2) is 0 Å². The fourth-order valence-electron chi connectivity index (χ4n) is 1.95. The molecule has 2 rings (SSSR count). The van der Waals surface area contributed by atoms with Crippen molar-refractivity contribution in [1.29, 1.82) is 0 Å². The lowest BCUT2D eigenvalue weighted by Gasteiger charge is -2.07. The van der Waals surface area contributed by atoms with Crippen molar-refractivity contribution in [3.63, 3.8) is 0 Å². The number of halogens is 1. The van der Waals surface area contributed by atoms with Crippen molar-refractivity contribution in [2.24, 2.45) is 0 Å². The summed E-state index contributed by atoms with van der Waals surface area (Å²) in [5, 5.41) is 0. The van der Waals surface area contributed by atoms with Crippen molar-refractivity contribution in [3.8, 4) is 0 Å². The van der Waals surface area contributed by atoms with Crippen LogP contribution in [0.2, 0.25) is 0 Å². The first-order valence-electron chi connectivity index (χ1n) is 5.85. The molecule has 1 aliphatic rings. The van der Waals surface area contributed by atoms with Crippen LogP contribution in [0.25, 0.3) is 0 Å². The molecule has 1 heterocycles. The summed E-state index contributed by atoms with van der Waals surface area (Å²) in [5.41, 5.74) is 1.99. The van der Waals surface area contributed by atoms with Gasteiger partial charge in [0, 0.05) is 10.0 Å². The summed E-state index contributed by atoms with van der Waals surface area (Å²) >= 11 is 2.26. The molecule has 90 valence electrons. The van der Waals surface area contributed by atoms with Crippen LogP contribution in [0.15, 0.2) is 39.5 Å². The van der Waals surface area contributed by atoms with Crippen LogP contribution < -0.4 is 0 Å². The summed E-state index contributed by atoms with van der Waals surface area (Å²) < 4.78 is 6.46. The third-order valence-electron chi connectivity index (χ3n) is 2.84. The van der Waals surface area contributed by atoms with Crippen LogP contribution >= 0.6 is 22.6 Å². The smallest absolute Gasteiger partial charge is 0.335 e. The molecular weight excluding hydrogens is 327 g/mol. The number of carbonyl (C=O) groups is 1. The van der Waals surface area contributed by atoms with E-state index in [4.69, 9.17) is 4.74 Å². The van der Waals surface area contributed by atoms with Crippen molar-refractivity contribution < 1.29 is 9.53 Å². The maximum atomic E-state index is 11.8. The zero-order valence-electron chi connectivity index (χ0n) is 9.78. The van der Waals surface area contributed by atoms with E-state index in [0.29, 0.717) is 6.42 Å². The largest absolute Gasteiger partial charge is 0.454 e. The minimum absolute atomic E-state index is 0.00758. The van der Waals surface area contributed by atoms with E-state index >= 15 is 0 Å². The van der Waals surface area contributed by atoms with Crippen molar-refractivity contribution in [1.82, 2.24) is 0 Å². The number of hydrogen-bond acceptors (Lipinski definition) is 2. The van der Waals surface area contributed by atoms with E-state index in [9.17, 15) is 4.79 Å². The second kappa shape index (κ2) is 5.67. The van der Waals surface area contributed by atoms with Gasteiger partial charge in [-0.05, 0) is 34.6 Å². The Hall–Kier alpha value is -0.840. The van der Waals surface area contributed by atoms with Crippen LogP contribution in [-0.4, -0.2) is 12.1 Å². The van der Waals surface area contributed by atoms with Gasteiger partial charge in [-0.1, -0.05) is 43.7 Å². The Kier molecular flexibility index (Phi) is 4.20. The molecule has 0 radical (unpaired) electrons. The first kappa shape index (κ1) is 12.6. The minimum atomic E-state index is -0.142. The molecule has 1 unspecified atom stereocenters. The number of cyclic esters (lactones) is 1. The summed E-state index contributed by atoms with van der Waals surface area (Å²) in [4.78, 5) is 11.8. The molecule has 0 amide bonds. The molecule has 1 aromatic carbocycles. The number of esters is 1. The monoisotopic (exact) mass is 342 g/mol. The summed E-state index contributed by atoms with van der Waals surface area (Å²) in [6.07, 6.45) is 2.62. The van der Waals surface area contributed by atoms with Gasteiger partial charge in [0.05, 0.1) is 5.57 Å². The van der Waals surface area contributed by atoms with E-state index in [2.05, 4.69) is 29.5 Å². The average Bonchev–Trinajstić information content (AvgIpc) is 2.59. The number of benzene rings is 1. The lowest BCUT2D eigenvalue weighted by atomic mass is 10.0. The zero-order valence-corrected chi connectivity index (χ0v) is 11.9. The van der Waals surface area contributed by atoms with Crippen molar-refractivity contribution in [2.45, 2.75) is 32.3 Å². The molecule has 3 heteroatoms. The lowest BCUT2D eigenvalue weighted by Crippen LogP contribution is -2.09. The molecule has 1 atom stereocenters. The summed E-state index contributed by atoms with van der Waals surface area (Å²) in [7, 11) is 0. The standard InChI is InChI=1S/C14H15IO2/c1-2-6-12-13(15)11(14(16)17-12)9-10-7-4-3-5-8-10/h3-5,7-8,12H,2,6,9H2,1H3. The zero-order chi connectivity index (χ0) is 12.3. The highest BCUT2D eigenvalue weighted by Gasteiger charge is 2.31. The van der Waals surface area contributed by atoms with Crippen LogP contribution in [0.1, 0.15) is 25.3 Å². The van der Waals surface area contributed by atoms with Gasteiger partial charge in [-0.2, -0.15) is 0 Å². The molecule has 0 N–H and O–H groups in total. The summed E-state index contributed by atoms with van der Waals surface area (Å²) in [6.45, 7) is 2.10. The van der Waals surface area contributed by atoms with Gasteiger partial charge in [0.25, 0.3) is 0 Å². The molecule has 0 saturated carbocycles. The molecule has 0 spiro atoms. The Balaban J connectivity index is 2.17. The van der Waals surface area contributed by atoms with E-state index in [1.54, 1.807) is 0 Å². The maximum absolute atomic E-state index is 11.8. The molecule has 1 aromatic rings. The normalized spacial score (nSPS) is 19.6. The second-order valence-electron chi connectivity index (χ2n) is 4.17. The number of carbonyl (C=O) groups excluding carboxylic acids is 1. The quantitative estimate of drug-likeness (QED) is 0.617. The Morgan fingerprint density at radius 2 is 2.00 bits per heavy atom. The van der Waals surface area contributed by atoms with Crippen LogP contribution in [-0.2, 0) is 16.0 Å². The minimum Gasteiger partial charge on any atom is -0.454 e. The molecule has 0 fully saturated rings. The van der Waals surface area contributed by atoms with Crippen molar-refractivity contribution >= 4 is 28.6 Å². The van der Waals surface area contributed by atoms with Crippen LogP contribution in [0.3, 0.4) is 0 Å². The van der Waals surface area contributed by atoms with Crippen LogP contribution in [0, 0.1) is 0 Å². The lowest BCUT2D eigenvalue weighted by molar-refractivity contribution is -0.139. The molecule has 0 aromatic heterocycles. The van der Waals surface area contributed by atoms with E-state index in [-0.39, 0.29) is 12.1 Å². The highest BCUT2D eigenvalue weighted by atomic mass is 127. The van der Waals surface area contributed by atoms with Gasteiger partial charge in [0.1, 0.15) is 6.10 Å². The highest BCUT2D eigenvalue weighted by Crippen LogP contribution is 2.32. The Labute approximate surface area is 115 Å². The Morgan fingerprint density at radius 3 is 2.65 bits per heavy atom. The molecule has 17 heavy (non-hydrogen) atoms.